The number of aromatic nitrogens is 2. The number of benzene rings is 1. The number of hydrogen-bond donors (Lipinski definition) is 2. The molecular formula is C44H62FN3O2. The fraction of sp³-hybridized carbons (Fsp3) is 0.773. The first-order chi connectivity index (χ1) is 23.7. The van der Waals surface area contributed by atoms with Crippen molar-refractivity contribution < 1.29 is 14.3 Å². The third-order valence-corrected chi connectivity index (χ3v) is 18.4. The van der Waals surface area contributed by atoms with Gasteiger partial charge in [0.1, 0.15) is 11.6 Å². The molecule has 1 aliphatic heterocycles. The van der Waals surface area contributed by atoms with Gasteiger partial charge < -0.3 is 15.0 Å². The van der Waals surface area contributed by atoms with E-state index in [0.29, 0.717) is 40.9 Å². The van der Waals surface area contributed by atoms with Crippen LogP contribution in [0.25, 0.3) is 11.3 Å². The quantitative estimate of drug-likeness (QED) is 0.337. The Labute approximate surface area is 300 Å². The van der Waals surface area contributed by atoms with Crippen LogP contribution < -0.4 is 0 Å². The minimum absolute atomic E-state index is 0.0240. The van der Waals surface area contributed by atoms with Gasteiger partial charge in [0, 0.05) is 6.54 Å². The molecule has 1 saturated heterocycles. The Morgan fingerprint density at radius 3 is 2.32 bits per heavy atom. The average Bonchev–Trinajstić information content (AvgIpc) is 3.48. The largest absolute Gasteiger partial charge is 0.393 e. The Balaban J connectivity index is 1.05. The van der Waals surface area contributed by atoms with Crippen LogP contribution in [0.4, 0.5) is 4.39 Å². The van der Waals surface area contributed by atoms with Gasteiger partial charge in [0.05, 0.1) is 29.5 Å². The standard InChI is InChI=1S/C44H62FN3O2/c1-39(2)33-16-19-43(6)34(41(33,4)18-17-35(39)49)14-13-30-36-29(40(3)21-22-40)15-20-44(36,24-23-42(30,43)5)38(50)48-25-7-8-32(48)37-46-26-31(47-37)27-9-11-28(45)12-10-27/h9-12,26,29-30,32-36,49H,7-8,13-25H2,1-6H3,(H,46,47)/t29?,30-,32+,33?,34?,35+,36?,41+,42-,43-,44+/m1/s1. The van der Waals surface area contributed by atoms with E-state index in [-0.39, 0.29) is 45.0 Å². The van der Waals surface area contributed by atoms with Crippen LogP contribution in [0.1, 0.15) is 143 Å². The molecule has 272 valence electrons. The lowest BCUT2D eigenvalue weighted by molar-refractivity contribution is -0.249. The topological polar surface area (TPSA) is 69.2 Å². The fourth-order valence-electron chi connectivity index (χ4n) is 15.2. The summed E-state index contributed by atoms with van der Waals surface area (Å²) in [5.74, 6) is 4.01. The zero-order valence-electron chi connectivity index (χ0n) is 31.7. The number of carbonyl (C=O) groups is 1. The number of H-pyrrole nitrogens is 1. The van der Waals surface area contributed by atoms with E-state index in [1.807, 2.05) is 6.20 Å². The molecule has 0 spiro atoms. The van der Waals surface area contributed by atoms with Crippen molar-refractivity contribution in [1.82, 2.24) is 14.9 Å². The second-order valence-corrected chi connectivity index (χ2v) is 20.4. The van der Waals surface area contributed by atoms with Crippen LogP contribution in [0.5, 0.6) is 0 Å². The number of nitrogens with zero attached hydrogens (tertiary/aromatic N) is 2. The Morgan fingerprint density at radius 1 is 0.820 bits per heavy atom. The maximum absolute atomic E-state index is 15.5. The number of aliphatic hydroxyl groups excluding tert-OH is 1. The van der Waals surface area contributed by atoms with E-state index < -0.39 is 0 Å². The minimum atomic E-state index is -0.267. The van der Waals surface area contributed by atoms with E-state index in [0.717, 1.165) is 68.6 Å². The molecule has 11 atom stereocenters. The molecule has 0 bridgehead atoms. The smallest absolute Gasteiger partial charge is 0.229 e. The zero-order chi connectivity index (χ0) is 35.1. The zero-order valence-corrected chi connectivity index (χ0v) is 31.7. The first-order valence-electron chi connectivity index (χ1n) is 20.5. The lowest BCUT2D eigenvalue weighted by atomic mass is 9.32. The monoisotopic (exact) mass is 683 g/mol. The molecule has 7 fully saturated rings. The van der Waals surface area contributed by atoms with Gasteiger partial charge in [0.2, 0.25) is 5.91 Å². The highest BCUT2D eigenvalue weighted by Crippen LogP contribution is 2.79. The molecule has 6 aliphatic carbocycles. The third-order valence-electron chi connectivity index (χ3n) is 18.4. The second-order valence-electron chi connectivity index (χ2n) is 20.4. The first kappa shape index (κ1) is 33.6. The van der Waals surface area contributed by atoms with E-state index >= 15 is 4.79 Å². The molecule has 2 heterocycles. The number of amides is 1. The van der Waals surface area contributed by atoms with Crippen molar-refractivity contribution in [2.75, 3.05) is 6.54 Å². The van der Waals surface area contributed by atoms with Crippen molar-refractivity contribution in [3.05, 3.63) is 42.1 Å². The lowest BCUT2D eigenvalue weighted by Gasteiger charge is -2.73. The number of likely N-dealkylation sites (tertiary alicyclic amines) is 1. The molecular weight excluding hydrogens is 622 g/mol. The maximum Gasteiger partial charge on any atom is 0.229 e. The number of imidazole rings is 1. The highest BCUT2D eigenvalue weighted by molar-refractivity contribution is 5.84. The molecule has 4 unspecified atom stereocenters. The summed E-state index contributed by atoms with van der Waals surface area (Å²) < 4.78 is 13.7. The average molecular weight is 684 g/mol. The maximum atomic E-state index is 15.5. The van der Waals surface area contributed by atoms with Gasteiger partial charge in [0.15, 0.2) is 0 Å². The Bertz CT molecular complexity index is 1660. The molecule has 0 radical (unpaired) electrons. The van der Waals surface area contributed by atoms with Crippen LogP contribution in [-0.2, 0) is 4.79 Å². The van der Waals surface area contributed by atoms with Gasteiger partial charge in [0.25, 0.3) is 0 Å². The predicted octanol–water partition coefficient (Wildman–Crippen LogP) is 10.1. The molecule has 2 aromatic rings. The Morgan fingerprint density at radius 2 is 1.58 bits per heavy atom. The van der Waals surface area contributed by atoms with Gasteiger partial charge in [-0.3, -0.25) is 4.79 Å². The Kier molecular flexibility index (Phi) is 7.34. The highest BCUT2D eigenvalue weighted by atomic mass is 19.1. The van der Waals surface area contributed by atoms with Gasteiger partial charge in [-0.1, -0.05) is 41.5 Å². The number of fused-ring (bicyclic) bond motifs is 7. The van der Waals surface area contributed by atoms with Gasteiger partial charge in [-0.15, -0.1) is 0 Å². The van der Waals surface area contributed by atoms with Crippen LogP contribution >= 0.6 is 0 Å². The molecule has 2 N–H and O–H groups in total. The third kappa shape index (κ3) is 4.38. The van der Waals surface area contributed by atoms with Crippen molar-refractivity contribution >= 4 is 5.91 Å². The van der Waals surface area contributed by atoms with Crippen molar-refractivity contribution in [3.8, 4) is 11.3 Å². The van der Waals surface area contributed by atoms with Crippen LogP contribution in [0, 0.1) is 67.9 Å². The molecule has 1 aromatic carbocycles. The molecule has 9 rings (SSSR count). The summed E-state index contributed by atoms with van der Waals surface area (Å²) >= 11 is 0. The summed E-state index contributed by atoms with van der Waals surface area (Å²) in [5, 5.41) is 11.2. The van der Waals surface area contributed by atoms with E-state index in [2.05, 4.69) is 51.4 Å². The summed E-state index contributed by atoms with van der Waals surface area (Å²) in [6.45, 7) is 16.1. The number of aliphatic hydroxyl groups is 1. The van der Waals surface area contributed by atoms with E-state index in [9.17, 15) is 9.50 Å². The van der Waals surface area contributed by atoms with Gasteiger partial charge in [-0.05, 0) is 176 Å². The molecule has 6 saturated carbocycles. The predicted molar refractivity (Wildman–Crippen MR) is 195 cm³/mol. The van der Waals surface area contributed by atoms with Crippen LogP contribution in [0.2, 0.25) is 0 Å². The first-order valence-corrected chi connectivity index (χ1v) is 20.5. The minimum Gasteiger partial charge on any atom is -0.393 e. The highest BCUT2D eigenvalue weighted by Gasteiger charge is 2.73. The summed E-state index contributed by atoms with van der Waals surface area (Å²) in [6.07, 6.45) is 17.8. The molecule has 1 amide bonds. The molecule has 6 heteroatoms. The molecule has 50 heavy (non-hydrogen) atoms. The molecule has 7 aliphatic rings. The van der Waals surface area contributed by atoms with Gasteiger partial charge in [-0.2, -0.15) is 0 Å². The number of nitrogens with one attached hydrogen (secondary N) is 1. The number of carbonyl (C=O) groups excluding carboxylic acids is 1. The second kappa shape index (κ2) is 10.9. The van der Waals surface area contributed by atoms with E-state index in [4.69, 9.17) is 4.98 Å². The number of halogens is 1. The van der Waals surface area contributed by atoms with Crippen molar-refractivity contribution in [2.24, 2.45) is 62.1 Å². The summed E-state index contributed by atoms with van der Waals surface area (Å²) in [7, 11) is 0. The molecule has 1 aromatic heterocycles. The number of rotatable bonds is 4. The van der Waals surface area contributed by atoms with Crippen LogP contribution in [0.15, 0.2) is 30.5 Å². The van der Waals surface area contributed by atoms with Crippen molar-refractivity contribution in [2.45, 2.75) is 144 Å². The normalized spacial score (nSPS) is 45.7. The number of aromatic amines is 1. The van der Waals surface area contributed by atoms with Gasteiger partial charge in [-0.25, -0.2) is 9.37 Å². The van der Waals surface area contributed by atoms with Crippen molar-refractivity contribution in [1.29, 1.82) is 0 Å². The Hall–Kier alpha value is -2.21. The van der Waals surface area contributed by atoms with E-state index in [1.165, 1.54) is 57.1 Å². The van der Waals surface area contributed by atoms with Crippen LogP contribution in [-0.4, -0.2) is 38.5 Å². The van der Waals surface area contributed by atoms with Crippen LogP contribution in [0.3, 0.4) is 0 Å². The SMILES string of the molecule is CC1(C2CC[C@]3(C(=O)N4CCC[C@H]4c4ncc(-c5ccc(F)cc5)[nH]4)CC[C@]4(C)[C@H](CCC5[C@@]6(C)CC[C@H](O)C(C)(C)C6CC[C@]54C)C23)CC1. The van der Waals surface area contributed by atoms with Crippen molar-refractivity contribution in [3.63, 3.8) is 0 Å². The summed E-state index contributed by atoms with van der Waals surface area (Å²) in [4.78, 5) is 26.2. The molecule has 5 nitrogen and oxygen atoms in total. The fourth-order valence-corrected chi connectivity index (χ4v) is 15.2. The number of hydrogen-bond acceptors (Lipinski definition) is 3. The lowest BCUT2D eigenvalue weighted by Crippen LogP contribution is -2.67. The van der Waals surface area contributed by atoms with Gasteiger partial charge >= 0.3 is 0 Å². The van der Waals surface area contributed by atoms with E-state index in [1.54, 1.807) is 12.1 Å². The summed E-state index contributed by atoms with van der Waals surface area (Å²) in [6, 6.07) is 6.56. The summed E-state index contributed by atoms with van der Waals surface area (Å²) in [5.41, 5.74) is 2.65.